The predicted molar refractivity (Wildman–Crippen MR) is 43.7 cm³/mol. The Bertz CT molecular complexity index is 155. The molecule has 0 aromatic rings. The summed E-state index contributed by atoms with van der Waals surface area (Å²) < 4.78 is 0. The maximum atomic E-state index is 10.1. The first kappa shape index (κ1) is 11.1. The van der Waals surface area contributed by atoms with Crippen LogP contribution in [0, 0.1) is 0 Å². The van der Waals surface area contributed by atoms with Gasteiger partial charge in [-0.15, -0.1) is 6.58 Å². The van der Waals surface area contributed by atoms with Crippen molar-refractivity contribution >= 4 is 5.97 Å². The Morgan fingerprint density at radius 3 is 2.50 bits per heavy atom. The SMILES string of the molecule is C=C[C@@H](O)[C@@H](O)CCCC(=O)O. The zero-order valence-electron chi connectivity index (χ0n) is 6.81. The lowest BCUT2D eigenvalue weighted by molar-refractivity contribution is -0.137. The fourth-order valence-electron chi connectivity index (χ4n) is 0.790. The molecular weight excluding hydrogens is 160 g/mol. The van der Waals surface area contributed by atoms with Crippen LogP contribution in [0.15, 0.2) is 12.7 Å². The number of carbonyl (C=O) groups is 1. The van der Waals surface area contributed by atoms with Crippen molar-refractivity contribution in [2.75, 3.05) is 0 Å². The molecule has 0 saturated carbocycles. The largest absolute Gasteiger partial charge is 0.481 e. The van der Waals surface area contributed by atoms with E-state index in [9.17, 15) is 4.79 Å². The smallest absolute Gasteiger partial charge is 0.303 e. The second-order valence-corrected chi connectivity index (χ2v) is 2.58. The maximum Gasteiger partial charge on any atom is 0.303 e. The molecule has 3 N–H and O–H groups in total. The van der Waals surface area contributed by atoms with Crippen LogP contribution in [0.1, 0.15) is 19.3 Å². The molecule has 0 aliphatic rings. The molecule has 70 valence electrons. The molecule has 0 aliphatic heterocycles. The molecule has 2 atom stereocenters. The molecule has 0 rings (SSSR count). The van der Waals surface area contributed by atoms with Crippen LogP contribution in [0.5, 0.6) is 0 Å². The maximum absolute atomic E-state index is 10.1. The first-order chi connectivity index (χ1) is 5.57. The van der Waals surface area contributed by atoms with Gasteiger partial charge in [-0.3, -0.25) is 4.79 Å². The van der Waals surface area contributed by atoms with E-state index in [0.717, 1.165) is 0 Å². The van der Waals surface area contributed by atoms with Crippen LogP contribution in [0.3, 0.4) is 0 Å². The first-order valence-electron chi connectivity index (χ1n) is 3.78. The van der Waals surface area contributed by atoms with Crippen molar-refractivity contribution in [2.45, 2.75) is 31.5 Å². The average Bonchev–Trinajstić information content (AvgIpc) is 2.02. The van der Waals surface area contributed by atoms with Crippen LogP contribution in [0.2, 0.25) is 0 Å². The van der Waals surface area contributed by atoms with E-state index in [4.69, 9.17) is 15.3 Å². The van der Waals surface area contributed by atoms with Crippen molar-refractivity contribution in [3.05, 3.63) is 12.7 Å². The molecule has 4 heteroatoms. The van der Waals surface area contributed by atoms with Crippen LogP contribution >= 0.6 is 0 Å². The number of carboxylic acid groups (broad SMARTS) is 1. The van der Waals surface area contributed by atoms with E-state index in [-0.39, 0.29) is 12.8 Å². The van der Waals surface area contributed by atoms with Crippen LogP contribution in [0.25, 0.3) is 0 Å². The summed E-state index contributed by atoms with van der Waals surface area (Å²) in [5, 5.41) is 26.4. The number of aliphatic hydroxyl groups excluding tert-OH is 2. The Labute approximate surface area is 71.1 Å². The van der Waals surface area contributed by atoms with Gasteiger partial charge in [0.2, 0.25) is 0 Å². The van der Waals surface area contributed by atoms with Gasteiger partial charge < -0.3 is 15.3 Å². The highest BCUT2D eigenvalue weighted by atomic mass is 16.4. The van der Waals surface area contributed by atoms with Crippen molar-refractivity contribution in [2.24, 2.45) is 0 Å². The molecule has 0 heterocycles. The summed E-state index contributed by atoms with van der Waals surface area (Å²) in [6, 6.07) is 0. The van der Waals surface area contributed by atoms with E-state index < -0.39 is 18.2 Å². The van der Waals surface area contributed by atoms with E-state index in [1.165, 1.54) is 6.08 Å². The number of aliphatic hydroxyl groups is 2. The highest BCUT2D eigenvalue weighted by Gasteiger charge is 2.12. The first-order valence-corrected chi connectivity index (χ1v) is 3.78. The molecule has 4 nitrogen and oxygen atoms in total. The average molecular weight is 174 g/mol. The van der Waals surface area contributed by atoms with Gasteiger partial charge in [0.25, 0.3) is 0 Å². The molecule has 0 radical (unpaired) electrons. The number of aliphatic carboxylic acids is 1. The standard InChI is InChI=1S/C8H14O4/c1-2-6(9)7(10)4-3-5-8(11)12/h2,6-7,9-10H,1,3-5H2,(H,11,12)/t6-,7+/m1/s1. The molecule has 12 heavy (non-hydrogen) atoms. The van der Waals surface area contributed by atoms with E-state index in [1.807, 2.05) is 0 Å². The van der Waals surface area contributed by atoms with Crippen molar-refractivity contribution in [3.8, 4) is 0 Å². The summed E-state index contributed by atoms with van der Waals surface area (Å²) in [6.45, 7) is 3.30. The molecule has 0 spiro atoms. The molecule has 0 aromatic heterocycles. The molecule has 0 fully saturated rings. The fourth-order valence-corrected chi connectivity index (χ4v) is 0.790. The fraction of sp³-hybridized carbons (Fsp3) is 0.625. The molecule has 0 amide bonds. The van der Waals surface area contributed by atoms with Crippen LogP contribution in [0.4, 0.5) is 0 Å². The van der Waals surface area contributed by atoms with Gasteiger partial charge in [0.05, 0.1) is 12.2 Å². The van der Waals surface area contributed by atoms with Gasteiger partial charge >= 0.3 is 5.97 Å². The number of hydrogen-bond donors (Lipinski definition) is 3. The second-order valence-electron chi connectivity index (χ2n) is 2.58. The van der Waals surface area contributed by atoms with Crippen molar-refractivity contribution in [1.29, 1.82) is 0 Å². The molecular formula is C8H14O4. The van der Waals surface area contributed by atoms with Crippen molar-refractivity contribution in [1.82, 2.24) is 0 Å². The summed E-state index contributed by atoms with van der Waals surface area (Å²) in [6.07, 6.45) is 0.0217. The molecule has 0 unspecified atom stereocenters. The molecule has 0 bridgehead atoms. The predicted octanol–water partition coefficient (Wildman–Crippen LogP) is 0.149. The minimum atomic E-state index is -0.959. The number of rotatable bonds is 6. The topological polar surface area (TPSA) is 77.8 Å². The highest BCUT2D eigenvalue weighted by Crippen LogP contribution is 2.05. The zero-order valence-corrected chi connectivity index (χ0v) is 6.81. The third-order valence-electron chi connectivity index (χ3n) is 1.53. The van der Waals surface area contributed by atoms with Gasteiger partial charge in [-0.2, -0.15) is 0 Å². The Balaban J connectivity index is 3.49. The normalized spacial score (nSPS) is 15.2. The Morgan fingerprint density at radius 1 is 1.50 bits per heavy atom. The monoisotopic (exact) mass is 174 g/mol. The number of hydrogen-bond acceptors (Lipinski definition) is 3. The molecule has 0 saturated heterocycles. The lowest BCUT2D eigenvalue weighted by atomic mass is 10.1. The number of carboxylic acids is 1. The van der Waals surface area contributed by atoms with Gasteiger partial charge in [-0.25, -0.2) is 0 Å². The van der Waals surface area contributed by atoms with Crippen LogP contribution in [-0.2, 0) is 4.79 Å². The highest BCUT2D eigenvalue weighted by molar-refractivity contribution is 5.66. The van der Waals surface area contributed by atoms with E-state index in [1.54, 1.807) is 0 Å². The van der Waals surface area contributed by atoms with Gasteiger partial charge in [0, 0.05) is 6.42 Å². The minimum absolute atomic E-state index is 0.0148. The Hall–Kier alpha value is -0.870. The van der Waals surface area contributed by atoms with Crippen LogP contribution in [-0.4, -0.2) is 33.5 Å². The zero-order chi connectivity index (χ0) is 9.56. The minimum Gasteiger partial charge on any atom is -0.481 e. The third-order valence-corrected chi connectivity index (χ3v) is 1.53. The van der Waals surface area contributed by atoms with Crippen LogP contribution < -0.4 is 0 Å². The Kier molecular flexibility index (Phi) is 5.32. The second kappa shape index (κ2) is 5.74. The quantitative estimate of drug-likeness (QED) is 0.501. The van der Waals surface area contributed by atoms with Gasteiger partial charge in [-0.1, -0.05) is 6.08 Å². The summed E-state index contributed by atoms with van der Waals surface area (Å²) in [5.41, 5.74) is 0. The van der Waals surface area contributed by atoms with E-state index >= 15 is 0 Å². The summed E-state index contributed by atoms with van der Waals surface area (Å²) in [5.74, 6) is -0.893. The van der Waals surface area contributed by atoms with Crippen molar-refractivity contribution in [3.63, 3.8) is 0 Å². The summed E-state index contributed by atoms with van der Waals surface area (Å²) in [7, 11) is 0. The van der Waals surface area contributed by atoms with E-state index in [2.05, 4.69) is 6.58 Å². The third kappa shape index (κ3) is 4.87. The molecule has 0 aliphatic carbocycles. The van der Waals surface area contributed by atoms with Gasteiger partial charge in [0.1, 0.15) is 0 Å². The van der Waals surface area contributed by atoms with E-state index in [0.29, 0.717) is 6.42 Å². The van der Waals surface area contributed by atoms with Gasteiger partial charge in [-0.05, 0) is 12.8 Å². The van der Waals surface area contributed by atoms with Gasteiger partial charge in [0.15, 0.2) is 0 Å². The van der Waals surface area contributed by atoms with Crippen molar-refractivity contribution < 1.29 is 20.1 Å². The summed E-state index contributed by atoms with van der Waals surface area (Å²) in [4.78, 5) is 10.1. The summed E-state index contributed by atoms with van der Waals surface area (Å²) >= 11 is 0. The molecule has 0 aromatic carbocycles. The Morgan fingerprint density at radius 2 is 2.08 bits per heavy atom. The lowest BCUT2D eigenvalue weighted by Crippen LogP contribution is -2.23. The lowest BCUT2D eigenvalue weighted by Gasteiger charge is -2.12.